The molecule has 0 spiro atoms. The van der Waals surface area contributed by atoms with E-state index < -0.39 is 5.60 Å². The SMILES string of the molecule is CCCNC(=O)[C@]1(C)CC(c2ccccc2F)=NO1. The number of nitrogens with one attached hydrogen (secondary N) is 1. The number of carbonyl (C=O) groups excluding carboxylic acids is 1. The Morgan fingerprint density at radius 3 is 2.95 bits per heavy atom. The Kier molecular flexibility index (Phi) is 3.83. The van der Waals surface area contributed by atoms with E-state index in [0.29, 0.717) is 17.8 Å². The van der Waals surface area contributed by atoms with Crippen LogP contribution in [0, 0.1) is 5.82 Å². The van der Waals surface area contributed by atoms with E-state index in [4.69, 9.17) is 4.84 Å². The molecule has 2 rings (SSSR count). The number of oxime groups is 1. The highest BCUT2D eigenvalue weighted by Gasteiger charge is 2.42. The molecule has 0 bridgehead atoms. The van der Waals surface area contributed by atoms with Gasteiger partial charge in [0.15, 0.2) is 0 Å². The topological polar surface area (TPSA) is 50.7 Å². The van der Waals surface area contributed by atoms with Crippen LogP contribution in [-0.4, -0.2) is 23.8 Å². The molecule has 1 amide bonds. The van der Waals surface area contributed by atoms with Crippen LogP contribution >= 0.6 is 0 Å². The number of hydrogen-bond donors (Lipinski definition) is 1. The van der Waals surface area contributed by atoms with Crippen molar-refractivity contribution in [1.29, 1.82) is 0 Å². The van der Waals surface area contributed by atoms with Crippen LogP contribution < -0.4 is 5.32 Å². The first-order valence-electron chi connectivity index (χ1n) is 6.35. The second kappa shape index (κ2) is 5.38. The Balaban J connectivity index is 2.10. The summed E-state index contributed by atoms with van der Waals surface area (Å²) in [4.78, 5) is 17.2. The van der Waals surface area contributed by atoms with Gasteiger partial charge in [0, 0.05) is 18.5 Å². The van der Waals surface area contributed by atoms with Crippen molar-refractivity contribution in [1.82, 2.24) is 5.32 Å². The third-order valence-electron chi connectivity index (χ3n) is 3.06. The predicted molar refractivity (Wildman–Crippen MR) is 70.3 cm³/mol. The molecule has 0 unspecified atom stereocenters. The number of nitrogens with zero attached hydrogens (tertiary/aromatic N) is 1. The molecule has 0 saturated carbocycles. The average Bonchev–Trinajstić information content (AvgIpc) is 2.80. The van der Waals surface area contributed by atoms with E-state index in [9.17, 15) is 9.18 Å². The zero-order valence-electron chi connectivity index (χ0n) is 11.1. The molecule has 1 aromatic rings. The summed E-state index contributed by atoms with van der Waals surface area (Å²) in [6, 6.07) is 6.34. The summed E-state index contributed by atoms with van der Waals surface area (Å²) in [5, 5.41) is 6.64. The fourth-order valence-corrected chi connectivity index (χ4v) is 1.93. The lowest BCUT2D eigenvalue weighted by Crippen LogP contribution is -2.45. The van der Waals surface area contributed by atoms with Crippen LogP contribution in [-0.2, 0) is 9.63 Å². The predicted octanol–water partition coefficient (Wildman–Crippen LogP) is 2.24. The van der Waals surface area contributed by atoms with E-state index >= 15 is 0 Å². The number of rotatable bonds is 4. The lowest BCUT2D eigenvalue weighted by molar-refractivity contribution is -0.141. The van der Waals surface area contributed by atoms with Gasteiger partial charge in [-0.25, -0.2) is 4.39 Å². The van der Waals surface area contributed by atoms with Gasteiger partial charge >= 0.3 is 0 Å². The first-order chi connectivity index (χ1) is 9.07. The van der Waals surface area contributed by atoms with Gasteiger partial charge in [-0.1, -0.05) is 30.3 Å². The van der Waals surface area contributed by atoms with E-state index in [2.05, 4.69) is 10.5 Å². The molecule has 4 nitrogen and oxygen atoms in total. The molecular formula is C14H17FN2O2. The maximum Gasteiger partial charge on any atom is 0.267 e. The zero-order chi connectivity index (χ0) is 13.9. The highest BCUT2D eigenvalue weighted by Crippen LogP contribution is 2.27. The minimum atomic E-state index is -1.05. The quantitative estimate of drug-likeness (QED) is 0.906. The van der Waals surface area contributed by atoms with Gasteiger partial charge in [0.25, 0.3) is 5.91 Å². The fourth-order valence-electron chi connectivity index (χ4n) is 1.93. The summed E-state index contributed by atoms with van der Waals surface area (Å²) in [5.74, 6) is -0.576. The molecule has 1 heterocycles. The normalized spacial score (nSPS) is 21.7. The molecule has 19 heavy (non-hydrogen) atoms. The standard InChI is InChI=1S/C14H17FN2O2/c1-3-8-16-13(18)14(2)9-12(17-19-14)10-6-4-5-7-11(10)15/h4-7H,3,8-9H2,1-2H3,(H,16,18)/t14-/m0/s1. The van der Waals surface area contributed by atoms with Gasteiger partial charge in [0.1, 0.15) is 5.82 Å². The lowest BCUT2D eigenvalue weighted by atomic mass is 9.95. The smallest absolute Gasteiger partial charge is 0.267 e. The minimum absolute atomic E-state index is 0.218. The molecule has 102 valence electrons. The lowest BCUT2D eigenvalue weighted by Gasteiger charge is -2.20. The molecule has 0 aromatic heterocycles. The number of amides is 1. The maximum atomic E-state index is 13.7. The Hall–Kier alpha value is -1.91. The Labute approximate surface area is 111 Å². The van der Waals surface area contributed by atoms with Crippen molar-refractivity contribution in [2.24, 2.45) is 5.16 Å². The van der Waals surface area contributed by atoms with Gasteiger partial charge in [-0.05, 0) is 19.4 Å². The summed E-state index contributed by atoms with van der Waals surface area (Å²) >= 11 is 0. The summed E-state index contributed by atoms with van der Waals surface area (Å²) in [7, 11) is 0. The van der Waals surface area contributed by atoms with Crippen LogP contribution in [0.15, 0.2) is 29.4 Å². The monoisotopic (exact) mass is 264 g/mol. The third kappa shape index (κ3) is 2.75. The molecule has 1 aliphatic rings. The highest BCUT2D eigenvalue weighted by molar-refractivity contribution is 6.05. The number of carbonyl (C=O) groups is 1. The number of benzene rings is 1. The van der Waals surface area contributed by atoms with Crippen molar-refractivity contribution in [3.63, 3.8) is 0 Å². The second-order valence-corrected chi connectivity index (χ2v) is 4.77. The van der Waals surface area contributed by atoms with Gasteiger partial charge < -0.3 is 10.2 Å². The van der Waals surface area contributed by atoms with Crippen LogP contribution in [0.2, 0.25) is 0 Å². The van der Waals surface area contributed by atoms with Crippen molar-refractivity contribution >= 4 is 11.6 Å². The van der Waals surface area contributed by atoms with Gasteiger partial charge in [-0.3, -0.25) is 4.79 Å². The van der Waals surface area contributed by atoms with Crippen molar-refractivity contribution < 1.29 is 14.0 Å². The van der Waals surface area contributed by atoms with Gasteiger partial charge in [-0.15, -0.1) is 0 Å². The van der Waals surface area contributed by atoms with Crippen molar-refractivity contribution in [3.8, 4) is 0 Å². The Bertz CT molecular complexity index is 516. The molecule has 1 atom stereocenters. The van der Waals surface area contributed by atoms with E-state index in [1.165, 1.54) is 6.07 Å². The van der Waals surface area contributed by atoms with Gasteiger partial charge in [-0.2, -0.15) is 0 Å². The minimum Gasteiger partial charge on any atom is -0.379 e. The van der Waals surface area contributed by atoms with Crippen molar-refractivity contribution in [2.75, 3.05) is 6.54 Å². The third-order valence-corrected chi connectivity index (χ3v) is 3.06. The molecule has 0 aliphatic carbocycles. The van der Waals surface area contributed by atoms with Crippen LogP contribution in [0.4, 0.5) is 4.39 Å². The van der Waals surface area contributed by atoms with Crippen LogP contribution in [0.5, 0.6) is 0 Å². The Morgan fingerprint density at radius 1 is 1.53 bits per heavy atom. The summed E-state index contributed by atoms with van der Waals surface area (Å²) in [6.07, 6.45) is 1.12. The fraction of sp³-hybridized carbons (Fsp3) is 0.429. The highest BCUT2D eigenvalue weighted by atomic mass is 19.1. The largest absolute Gasteiger partial charge is 0.379 e. The van der Waals surface area contributed by atoms with Crippen LogP contribution in [0.3, 0.4) is 0 Å². The summed E-state index contributed by atoms with van der Waals surface area (Å²) in [5.41, 5.74) is -0.200. The van der Waals surface area contributed by atoms with E-state index in [0.717, 1.165) is 6.42 Å². The first kappa shape index (κ1) is 13.5. The average molecular weight is 264 g/mol. The molecule has 1 aliphatic heterocycles. The number of hydrogen-bond acceptors (Lipinski definition) is 3. The molecule has 0 radical (unpaired) electrons. The Morgan fingerprint density at radius 2 is 2.26 bits per heavy atom. The molecular weight excluding hydrogens is 247 g/mol. The number of halogens is 1. The maximum absolute atomic E-state index is 13.7. The molecule has 5 heteroatoms. The molecule has 1 aromatic carbocycles. The van der Waals surface area contributed by atoms with E-state index in [-0.39, 0.29) is 18.1 Å². The zero-order valence-corrected chi connectivity index (χ0v) is 11.1. The van der Waals surface area contributed by atoms with E-state index in [1.54, 1.807) is 25.1 Å². The van der Waals surface area contributed by atoms with Gasteiger partial charge in [0.2, 0.25) is 5.60 Å². The summed E-state index contributed by atoms with van der Waals surface area (Å²) < 4.78 is 13.7. The molecule has 0 fully saturated rings. The van der Waals surface area contributed by atoms with Crippen LogP contribution in [0.25, 0.3) is 0 Å². The first-order valence-corrected chi connectivity index (χ1v) is 6.35. The van der Waals surface area contributed by atoms with Crippen molar-refractivity contribution in [2.45, 2.75) is 32.3 Å². The van der Waals surface area contributed by atoms with Gasteiger partial charge in [0.05, 0.1) is 5.71 Å². The molecule has 0 saturated heterocycles. The molecule has 1 N–H and O–H groups in total. The van der Waals surface area contributed by atoms with Crippen molar-refractivity contribution in [3.05, 3.63) is 35.6 Å². The summed E-state index contributed by atoms with van der Waals surface area (Å²) in [6.45, 7) is 4.22. The second-order valence-electron chi connectivity index (χ2n) is 4.77. The van der Waals surface area contributed by atoms with E-state index in [1.807, 2.05) is 6.92 Å². The van der Waals surface area contributed by atoms with Crippen LogP contribution in [0.1, 0.15) is 32.3 Å².